The van der Waals surface area contributed by atoms with Gasteiger partial charge in [-0.2, -0.15) is 0 Å². The minimum absolute atomic E-state index is 0.427. The molecule has 0 spiro atoms. The summed E-state index contributed by atoms with van der Waals surface area (Å²) in [6, 6.07) is 0. The maximum absolute atomic E-state index is 10.7. The summed E-state index contributed by atoms with van der Waals surface area (Å²) in [5, 5.41) is 0. The highest BCUT2D eigenvalue weighted by molar-refractivity contribution is 5.83. The Morgan fingerprint density at radius 3 is 3.00 bits per heavy atom. The maximum atomic E-state index is 10.7. The van der Waals surface area contributed by atoms with E-state index in [0.717, 1.165) is 0 Å². The Labute approximate surface area is 64.1 Å². The number of aromatic nitrogens is 2. The third-order valence-corrected chi connectivity index (χ3v) is 1.40. The average Bonchev–Trinajstić information content (AvgIpc) is 2.40. The van der Waals surface area contributed by atoms with Gasteiger partial charge in [-0.05, 0) is 0 Å². The summed E-state index contributed by atoms with van der Waals surface area (Å²) in [7, 11) is 0. The number of rotatable bonds is 3. The van der Waals surface area contributed by atoms with Crippen LogP contribution in [0.3, 0.4) is 0 Å². The molecule has 0 aromatic carbocycles. The summed E-state index contributed by atoms with van der Waals surface area (Å²) in [6.45, 7) is 3.49. The standard InChI is InChI=1S/C7H9N3O/c1-2-5(7(8)11)6-3-9-4-10-6/h2-5H,1H2,(H2,8,11)(H,9,10). The first-order chi connectivity index (χ1) is 5.25. The molecule has 4 heteroatoms. The molecule has 0 aliphatic rings. The number of carbonyl (C=O) groups is 1. The summed E-state index contributed by atoms with van der Waals surface area (Å²) in [6.07, 6.45) is 4.53. The number of hydrogen-bond acceptors (Lipinski definition) is 2. The van der Waals surface area contributed by atoms with Crippen LogP contribution in [0.2, 0.25) is 0 Å². The van der Waals surface area contributed by atoms with Crippen molar-refractivity contribution in [2.24, 2.45) is 5.73 Å². The van der Waals surface area contributed by atoms with E-state index in [2.05, 4.69) is 16.5 Å². The number of nitrogens with one attached hydrogen (secondary N) is 1. The number of primary amides is 1. The molecule has 0 radical (unpaired) electrons. The van der Waals surface area contributed by atoms with E-state index < -0.39 is 11.8 Å². The molecule has 0 saturated carbocycles. The van der Waals surface area contributed by atoms with E-state index in [-0.39, 0.29) is 0 Å². The Kier molecular flexibility index (Phi) is 2.06. The van der Waals surface area contributed by atoms with E-state index in [1.165, 1.54) is 12.4 Å². The van der Waals surface area contributed by atoms with Crippen molar-refractivity contribution in [3.8, 4) is 0 Å². The van der Waals surface area contributed by atoms with Gasteiger partial charge in [0, 0.05) is 6.20 Å². The first-order valence-corrected chi connectivity index (χ1v) is 3.16. The third kappa shape index (κ3) is 1.46. The largest absolute Gasteiger partial charge is 0.369 e. The molecular formula is C7H9N3O. The van der Waals surface area contributed by atoms with Crippen molar-refractivity contribution < 1.29 is 4.79 Å². The highest BCUT2D eigenvalue weighted by Crippen LogP contribution is 2.11. The molecule has 1 rings (SSSR count). The fraction of sp³-hybridized carbons (Fsp3) is 0.143. The van der Waals surface area contributed by atoms with Gasteiger partial charge in [0.2, 0.25) is 5.91 Å². The summed E-state index contributed by atoms with van der Waals surface area (Å²) in [5.41, 5.74) is 5.75. The van der Waals surface area contributed by atoms with Crippen molar-refractivity contribution >= 4 is 5.91 Å². The third-order valence-electron chi connectivity index (χ3n) is 1.40. The summed E-state index contributed by atoms with van der Waals surface area (Å²) < 4.78 is 0. The van der Waals surface area contributed by atoms with Crippen molar-refractivity contribution in [3.05, 3.63) is 30.9 Å². The Balaban J connectivity index is 2.88. The molecule has 0 fully saturated rings. The predicted molar refractivity (Wildman–Crippen MR) is 40.7 cm³/mol. The highest BCUT2D eigenvalue weighted by Gasteiger charge is 2.13. The summed E-state index contributed by atoms with van der Waals surface area (Å²) >= 11 is 0. The normalized spacial score (nSPS) is 12.4. The van der Waals surface area contributed by atoms with Gasteiger partial charge in [0.1, 0.15) is 0 Å². The Morgan fingerprint density at radius 1 is 1.91 bits per heavy atom. The molecule has 1 aromatic heterocycles. The number of imidazole rings is 1. The highest BCUT2D eigenvalue weighted by atomic mass is 16.1. The van der Waals surface area contributed by atoms with Crippen LogP contribution in [-0.4, -0.2) is 15.9 Å². The van der Waals surface area contributed by atoms with Crippen LogP contribution in [0, 0.1) is 0 Å². The van der Waals surface area contributed by atoms with Crippen molar-refractivity contribution in [2.75, 3.05) is 0 Å². The number of hydrogen-bond donors (Lipinski definition) is 2. The fourth-order valence-electron chi connectivity index (χ4n) is 0.833. The fourth-order valence-corrected chi connectivity index (χ4v) is 0.833. The van der Waals surface area contributed by atoms with E-state index in [0.29, 0.717) is 5.69 Å². The van der Waals surface area contributed by atoms with Crippen LogP contribution in [0.4, 0.5) is 0 Å². The molecule has 1 aromatic rings. The van der Waals surface area contributed by atoms with Gasteiger partial charge in [-0.1, -0.05) is 6.08 Å². The molecule has 11 heavy (non-hydrogen) atoms. The molecule has 1 amide bonds. The molecule has 1 unspecified atom stereocenters. The van der Waals surface area contributed by atoms with Crippen LogP contribution in [0.15, 0.2) is 25.2 Å². The maximum Gasteiger partial charge on any atom is 0.230 e. The molecule has 0 bridgehead atoms. The quantitative estimate of drug-likeness (QED) is 0.604. The molecule has 1 atom stereocenters. The number of carbonyl (C=O) groups excluding carboxylic acids is 1. The lowest BCUT2D eigenvalue weighted by atomic mass is 10.1. The Hall–Kier alpha value is -1.58. The first-order valence-electron chi connectivity index (χ1n) is 3.16. The van der Waals surface area contributed by atoms with Gasteiger partial charge in [0.25, 0.3) is 0 Å². The van der Waals surface area contributed by atoms with Crippen LogP contribution in [-0.2, 0) is 4.79 Å². The zero-order valence-corrected chi connectivity index (χ0v) is 5.95. The molecule has 1 heterocycles. The van der Waals surface area contributed by atoms with Gasteiger partial charge in [0.05, 0.1) is 17.9 Å². The lowest BCUT2D eigenvalue weighted by Crippen LogP contribution is -2.19. The molecule has 0 aliphatic heterocycles. The molecule has 0 aliphatic carbocycles. The van der Waals surface area contributed by atoms with Crippen LogP contribution in [0.1, 0.15) is 11.6 Å². The van der Waals surface area contributed by atoms with Gasteiger partial charge in [-0.15, -0.1) is 6.58 Å². The second kappa shape index (κ2) is 3.01. The SMILES string of the molecule is C=CC(C(N)=O)c1cnc[nH]1. The Morgan fingerprint density at radius 2 is 2.64 bits per heavy atom. The van der Waals surface area contributed by atoms with E-state index in [1.54, 1.807) is 6.20 Å². The minimum atomic E-state index is -0.461. The van der Waals surface area contributed by atoms with Gasteiger partial charge < -0.3 is 10.7 Å². The zero-order chi connectivity index (χ0) is 8.27. The van der Waals surface area contributed by atoms with Crippen LogP contribution >= 0.6 is 0 Å². The number of H-pyrrole nitrogens is 1. The second-order valence-corrected chi connectivity index (χ2v) is 2.12. The number of nitrogens with zero attached hydrogens (tertiary/aromatic N) is 1. The molecule has 0 saturated heterocycles. The van der Waals surface area contributed by atoms with Crippen molar-refractivity contribution in [3.63, 3.8) is 0 Å². The molecule has 3 N–H and O–H groups in total. The number of aromatic amines is 1. The predicted octanol–water partition coefficient (Wildman–Crippen LogP) is 0.165. The molecular weight excluding hydrogens is 142 g/mol. The van der Waals surface area contributed by atoms with Gasteiger partial charge in [-0.25, -0.2) is 4.98 Å². The van der Waals surface area contributed by atoms with Crippen molar-refractivity contribution in [1.82, 2.24) is 9.97 Å². The molecule has 58 valence electrons. The van der Waals surface area contributed by atoms with Crippen LogP contribution in [0.5, 0.6) is 0 Å². The van der Waals surface area contributed by atoms with E-state index in [9.17, 15) is 4.79 Å². The van der Waals surface area contributed by atoms with Crippen LogP contribution < -0.4 is 5.73 Å². The summed E-state index contributed by atoms with van der Waals surface area (Å²) in [4.78, 5) is 17.3. The van der Waals surface area contributed by atoms with Crippen molar-refractivity contribution in [1.29, 1.82) is 0 Å². The first kappa shape index (κ1) is 7.53. The smallest absolute Gasteiger partial charge is 0.230 e. The zero-order valence-electron chi connectivity index (χ0n) is 5.95. The number of nitrogens with two attached hydrogens (primary N) is 1. The van der Waals surface area contributed by atoms with Gasteiger partial charge in [0.15, 0.2) is 0 Å². The van der Waals surface area contributed by atoms with E-state index in [4.69, 9.17) is 5.73 Å². The lowest BCUT2D eigenvalue weighted by molar-refractivity contribution is -0.118. The second-order valence-electron chi connectivity index (χ2n) is 2.12. The monoisotopic (exact) mass is 151 g/mol. The lowest BCUT2D eigenvalue weighted by Gasteiger charge is -2.02. The summed E-state index contributed by atoms with van der Waals surface area (Å²) in [5.74, 6) is -0.887. The van der Waals surface area contributed by atoms with Crippen LogP contribution in [0.25, 0.3) is 0 Å². The minimum Gasteiger partial charge on any atom is -0.369 e. The van der Waals surface area contributed by atoms with E-state index >= 15 is 0 Å². The van der Waals surface area contributed by atoms with Gasteiger partial charge in [-0.3, -0.25) is 4.79 Å². The number of amides is 1. The van der Waals surface area contributed by atoms with Crippen molar-refractivity contribution in [2.45, 2.75) is 5.92 Å². The van der Waals surface area contributed by atoms with E-state index in [1.807, 2.05) is 0 Å². The molecule has 4 nitrogen and oxygen atoms in total. The van der Waals surface area contributed by atoms with Gasteiger partial charge >= 0.3 is 0 Å². The average molecular weight is 151 g/mol. The Bertz CT molecular complexity index is 253. The topological polar surface area (TPSA) is 71.8 Å².